The maximum atomic E-state index is 5.93. The Labute approximate surface area is 120 Å². The van der Waals surface area contributed by atoms with Crippen LogP contribution in [-0.2, 0) is 5.41 Å². The van der Waals surface area contributed by atoms with Crippen LogP contribution in [0.1, 0.15) is 31.9 Å². The highest BCUT2D eigenvalue weighted by molar-refractivity contribution is 5.83. The lowest BCUT2D eigenvalue weighted by Crippen LogP contribution is -2.10. The molecule has 1 heteroatoms. The Morgan fingerprint density at radius 2 is 1.55 bits per heavy atom. The SMILES string of the molecule is Cc1ccc2oc(-c3ccc(C(C)(C)C)cc3)cc2c1. The van der Waals surface area contributed by atoms with E-state index in [2.05, 4.69) is 70.2 Å². The average Bonchev–Trinajstić information content (AvgIpc) is 2.80. The zero-order valence-corrected chi connectivity index (χ0v) is 12.5. The summed E-state index contributed by atoms with van der Waals surface area (Å²) in [7, 11) is 0. The Hall–Kier alpha value is -2.02. The second-order valence-electron chi connectivity index (χ2n) is 6.48. The Bertz CT molecular complexity index is 740. The monoisotopic (exact) mass is 264 g/mol. The van der Waals surface area contributed by atoms with E-state index in [9.17, 15) is 0 Å². The third-order valence-electron chi connectivity index (χ3n) is 3.71. The molecule has 0 radical (unpaired) electrons. The fourth-order valence-corrected chi connectivity index (χ4v) is 2.44. The zero-order chi connectivity index (χ0) is 14.3. The number of hydrogen-bond acceptors (Lipinski definition) is 1. The third kappa shape index (κ3) is 2.36. The highest BCUT2D eigenvalue weighted by Gasteiger charge is 2.14. The lowest BCUT2D eigenvalue weighted by molar-refractivity contribution is 0.590. The van der Waals surface area contributed by atoms with E-state index in [0.717, 1.165) is 16.9 Å². The molecule has 1 aromatic heterocycles. The molecule has 20 heavy (non-hydrogen) atoms. The van der Waals surface area contributed by atoms with Crippen LogP contribution in [0, 0.1) is 6.92 Å². The van der Waals surface area contributed by atoms with Crippen molar-refractivity contribution < 1.29 is 4.42 Å². The molecular formula is C19H20O. The number of furan rings is 1. The van der Waals surface area contributed by atoms with E-state index in [1.54, 1.807) is 0 Å². The van der Waals surface area contributed by atoms with Crippen molar-refractivity contribution in [1.82, 2.24) is 0 Å². The second kappa shape index (κ2) is 4.52. The molecule has 3 aromatic rings. The number of benzene rings is 2. The molecule has 0 N–H and O–H groups in total. The Balaban J connectivity index is 2.02. The molecule has 3 rings (SSSR count). The van der Waals surface area contributed by atoms with E-state index in [4.69, 9.17) is 4.42 Å². The van der Waals surface area contributed by atoms with Crippen LogP contribution in [0.15, 0.2) is 52.9 Å². The smallest absolute Gasteiger partial charge is 0.135 e. The van der Waals surface area contributed by atoms with Gasteiger partial charge in [-0.2, -0.15) is 0 Å². The first-order chi connectivity index (χ1) is 9.43. The van der Waals surface area contributed by atoms with Crippen molar-refractivity contribution in [3.05, 3.63) is 59.7 Å². The molecular weight excluding hydrogens is 244 g/mol. The molecule has 0 aliphatic carbocycles. The predicted octanol–water partition coefficient (Wildman–Crippen LogP) is 5.71. The van der Waals surface area contributed by atoms with E-state index in [-0.39, 0.29) is 5.41 Å². The highest BCUT2D eigenvalue weighted by atomic mass is 16.3. The number of hydrogen-bond donors (Lipinski definition) is 0. The van der Waals surface area contributed by atoms with Gasteiger partial charge in [0.25, 0.3) is 0 Å². The molecule has 0 fully saturated rings. The van der Waals surface area contributed by atoms with E-state index >= 15 is 0 Å². The van der Waals surface area contributed by atoms with Gasteiger partial charge in [-0.05, 0) is 36.1 Å². The van der Waals surface area contributed by atoms with Crippen molar-refractivity contribution in [1.29, 1.82) is 0 Å². The van der Waals surface area contributed by atoms with Crippen LogP contribution in [0.4, 0.5) is 0 Å². The summed E-state index contributed by atoms with van der Waals surface area (Å²) in [5.41, 5.74) is 4.86. The minimum atomic E-state index is 0.184. The molecule has 0 amide bonds. The molecule has 0 aliphatic rings. The molecule has 1 heterocycles. The van der Waals surface area contributed by atoms with Gasteiger partial charge in [0.1, 0.15) is 11.3 Å². The molecule has 1 nitrogen and oxygen atoms in total. The van der Waals surface area contributed by atoms with Gasteiger partial charge in [0.15, 0.2) is 0 Å². The van der Waals surface area contributed by atoms with Crippen LogP contribution >= 0.6 is 0 Å². The maximum Gasteiger partial charge on any atom is 0.135 e. The molecule has 0 bridgehead atoms. The van der Waals surface area contributed by atoms with Crippen molar-refractivity contribution in [3.63, 3.8) is 0 Å². The van der Waals surface area contributed by atoms with Gasteiger partial charge in [0, 0.05) is 10.9 Å². The van der Waals surface area contributed by atoms with Crippen LogP contribution in [0.25, 0.3) is 22.3 Å². The van der Waals surface area contributed by atoms with Crippen molar-refractivity contribution in [2.45, 2.75) is 33.1 Å². The molecule has 0 unspecified atom stereocenters. The van der Waals surface area contributed by atoms with Gasteiger partial charge in [-0.3, -0.25) is 0 Å². The van der Waals surface area contributed by atoms with E-state index < -0.39 is 0 Å². The van der Waals surface area contributed by atoms with Gasteiger partial charge in [-0.15, -0.1) is 0 Å². The molecule has 0 saturated carbocycles. The standard InChI is InChI=1S/C19H20O/c1-13-5-10-17-15(11-13)12-18(20-17)14-6-8-16(9-7-14)19(2,3)4/h5-12H,1-4H3. The van der Waals surface area contributed by atoms with Gasteiger partial charge in [0.05, 0.1) is 0 Å². The fourth-order valence-electron chi connectivity index (χ4n) is 2.44. The summed E-state index contributed by atoms with van der Waals surface area (Å²) in [6.45, 7) is 8.79. The molecule has 102 valence electrons. The predicted molar refractivity (Wildman–Crippen MR) is 85.1 cm³/mol. The quantitative estimate of drug-likeness (QED) is 0.549. The average molecular weight is 264 g/mol. The van der Waals surface area contributed by atoms with E-state index in [1.807, 2.05) is 6.07 Å². The summed E-state index contributed by atoms with van der Waals surface area (Å²) in [4.78, 5) is 0. The first-order valence-electron chi connectivity index (χ1n) is 7.04. The number of fused-ring (bicyclic) bond motifs is 1. The summed E-state index contributed by atoms with van der Waals surface area (Å²) in [5, 5.41) is 1.17. The van der Waals surface area contributed by atoms with Gasteiger partial charge in [-0.1, -0.05) is 56.7 Å². The van der Waals surface area contributed by atoms with Crippen molar-refractivity contribution in [2.24, 2.45) is 0 Å². The topological polar surface area (TPSA) is 13.1 Å². The largest absolute Gasteiger partial charge is 0.456 e. The first-order valence-corrected chi connectivity index (χ1v) is 7.04. The maximum absolute atomic E-state index is 5.93. The third-order valence-corrected chi connectivity index (χ3v) is 3.71. The summed E-state index contributed by atoms with van der Waals surface area (Å²) < 4.78 is 5.93. The summed E-state index contributed by atoms with van der Waals surface area (Å²) in [6, 6.07) is 17.1. The lowest BCUT2D eigenvalue weighted by atomic mass is 9.86. The summed E-state index contributed by atoms with van der Waals surface area (Å²) in [6.07, 6.45) is 0. The molecule has 0 saturated heterocycles. The number of aryl methyl sites for hydroxylation is 1. The van der Waals surface area contributed by atoms with Crippen LogP contribution in [-0.4, -0.2) is 0 Å². The van der Waals surface area contributed by atoms with Gasteiger partial charge in [-0.25, -0.2) is 0 Å². The van der Waals surface area contributed by atoms with Crippen molar-refractivity contribution in [2.75, 3.05) is 0 Å². The second-order valence-corrected chi connectivity index (χ2v) is 6.48. The highest BCUT2D eigenvalue weighted by Crippen LogP contribution is 2.30. The van der Waals surface area contributed by atoms with E-state index in [0.29, 0.717) is 0 Å². The van der Waals surface area contributed by atoms with Gasteiger partial charge >= 0.3 is 0 Å². The number of rotatable bonds is 1. The van der Waals surface area contributed by atoms with Crippen LogP contribution in [0.5, 0.6) is 0 Å². The molecule has 0 spiro atoms. The Morgan fingerprint density at radius 3 is 2.20 bits per heavy atom. The van der Waals surface area contributed by atoms with Gasteiger partial charge in [0.2, 0.25) is 0 Å². The molecule has 2 aromatic carbocycles. The fraction of sp³-hybridized carbons (Fsp3) is 0.263. The Morgan fingerprint density at radius 1 is 0.850 bits per heavy atom. The Kier molecular flexibility index (Phi) is 2.93. The van der Waals surface area contributed by atoms with Crippen LogP contribution in [0.2, 0.25) is 0 Å². The van der Waals surface area contributed by atoms with E-state index in [1.165, 1.54) is 16.5 Å². The zero-order valence-electron chi connectivity index (χ0n) is 12.5. The minimum absolute atomic E-state index is 0.184. The molecule has 0 aliphatic heterocycles. The minimum Gasteiger partial charge on any atom is -0.456 e. The molecule has 0 atom stereocenters. The van der Waals surface area contributed by atoms with Crippen molar-refractivity contribution in [3.8, 4) is 11.3 Å². The normalized spacial score (nSPS) is 12.0. The lowest BCUT2D eigenvalue weighted by Gasteiger charge is -2.18. The van der Waals surface area contributed by atoms with Crippen LogP contribution < -0.4 is 0 Å². The summed E-state index contributed by atoms with van der Waals surface area (Å²) >= 11 is 0. The van der Waals surface area contributed by atoms with Crippen LogP contribution in [0.3, 0.4) is 0 Å². The van der Waals surface area contributed by atoms with Gasteiger partial charge < -0.3 is 4.42 Å². The summed E-state index contributed by atoms with van der Waals surface area (Å²) in [5.74, 6) is 0.936. The first kappa shape index (κ1) is 13.0. The van der Waals surface area contributed by atoms with Crippen molar-refractivity contribution >= 4 is 11.0 Å².